The van der Waals surface area contributed by atoms with Crippen molar-refractivity contribution in [2.75, 3.05) is 0 Å². The van der Waals surface area contributed by atoms with Crippen LogP contribution >= 0.6 is 0 Å². The molecule has 2 heterocycles. The van der Waals surface area contributed by atoms with Crippen molar-refractivity contribution in [1.29, 1.82) is 0 Å². The van der Waals surface area contributed by atoms with E-state index in [1.165, 1.54) is 27.6 Å². The van der Waals surface area contributed by atoms with E-state index in [4.69, 9.17) is 9.72 Å². The molecule has 2 heteroatoms. The maximum Gasteiger partial charge on any atom is 0.132 e. The van der Waals surface area contributed by atoms with Gasteiger partial charge in [-0.25, -0.2) is 4.98 Å². The highest BCUT2D eigenvalue weighted by molar-refractivity contribution is 5.82. The Balaban J connectivity index is 1.57. The van der Waals surface area contributed by atoms with Gasteiger partial charge in [-0.3, -0.25) is 0 Å². The van der Waals surface area contributed by atoms with E-state index in [0.29, 0.717) is 5.92 Å². The molecule has 1 aliphatic heterocycles. The van der Waals surface area contributed by atoms with Gasteiger partial charge in [-0.2, -0.15) is 0 Å². The molecule has 1 aromatic heterocycles. The maximum atomic E-state index is 6.43. The summed E-state index contributed by atoms with van der Waals surface area (Å²) in [4.78, 5) is 4.99. The third-order valence-corrected chi connectivity index (χ3v) is 6.51. The normalized spacial score (nSPS) is 21.1. The lowest BCUT2D eigenvalue weighted by atomic mass is 9.73. The Morgan fingerprint density at radius 1 is 0.786 bits per heavy atom. The van der Waals surface area contributed by atoms with Crippen LogP contribution in [0, 0.1) is 0 Å². The van der Waals surface area contributed by atoms with E-state index in [1.54, 1.807) is 0 Å². The van der Waals surface area contributed by atoms with Crippen LogP contribution < -0.4 is 4.74 Å². The summed E-state index contributed by atoms with van der Waals surface area (Å²) in [6, 6.07) is 27.7. The molecule has 0 saturated carbocycles. The Morgan fingerprint density at radius 2 is 1.57 bits per heavy atom. The van der Waals surface area contributed by atoms with Crippen LogP contribution in [0.15, 0.2) is 78.9 Å². The fourth-order valence-corrected chi connectivity index (χ4v) is 5.33. The highest BCUT2D eigenvalue weighted by Crippen LogP contribution is 2.62. The van der Waals surface area contributed by atoms with E-state index in [0.717, 1.165) is 17.0 Å². The molecule has 0 amide bonds. The van der Waals surface area contributed by atoms with Gasteiger partial charge in [-0.05, 0) is 29.3 Å². The smallest absolute Gasteiger partial charge is 0.132 e. The topological polar surface area (TPSA) is 22.1 Å². The molecule has 2 unspecified atom stereocenters. The van der Waals surface area contributed by atoms with Gasteiger partial charge in [0.25, 0.3) is 0 Å². The molecule has 0 spiro atoms. The van der Waals surface area contributed by atoms with Crippen LogP contribution in [0.25, 0.3) is 22.2 Å². The first-order valence-corrected chi connectivity index (χ1v) is 9.90. The predicted octanol–water partition coefficient (Wildman–Crippen LogP) is 6.41. The Labute approximate surface area is 164 Å². The summed E-state index contributed by atoms with van der Waals surface area (Å²) >= 11 is 0. The lowest BCUT2D eigenvalue weighted by Gasteiger charge is -2.28. The first-order chi connectivity index (χ1) is 13.6. The second-order valence-electron chi connectivity index (χ2n) is 8.43. The number of ether oxygens (including phenoxy) is 1. The van der Waals surface area contributed by atoms with Gasteiger partial charge in [-0.1, -0.05) is 74.5 Å². The first kappa shape index (κ1) is 15.9. The molecular weight excluding hydrogens is 342 g/mol. The van der Waals surface area contributed by atoms with Crippen molar-refractivity contribution >= 4 is 10.9 Å². The van der Waals surface area contributed by atoms with Crippen LogP contribution in [0.5, 0.6) is 5.75 Å². The number of aromatic nitrogens is 1. The molecule has 2 nitrogen and oxygen atoms in total. The second-order valence-corrected chi connectivity index (χ2v) is 8.43. The Bertz CT molecular complexity index is 1240. The standard InChI is InChI=1S/C26H21NO/c1-26(2)23-17(21-15-14-16-8-3-5-12-20(16)27-21)10-7-11-19(23)25-24(26)18-9-4-6-13-22(18)28-25/h3-15,24-25H,1-2H3. The van der Waals surface area contributed by atoms with Gasteiger partial charge < -0.3 is 4.74 Å². The minimum Gasteiger partial charge on any atom is -0.485 e. The van der Waals surface area contributed by atoms with Crippen molar-refractivity contribution in [2.45, 2.75) is 31.3 Å². The molecule has 6 rings (SSSR count). The molecule has 0 fully saturated rings. The zero-order valence-electron chi connectivity index (χ0n) is 16.0. The molecule has 0 N–H and O–H groups in total. The molecule has 0 saturated heterocycles. The number of fused-ring (bicyclic) bond motifs is 6. The van der Waals surface area contributed by atoms with Crippen molar-refractivity contribution in [3.63, 3.8) is 0 Å². The zero-order valence-corrected chi connectivity index (χ0v) is 16.0. The molecule has 4 aromatic rings. The molecule has 3 aromatic carbocycles. The van der Waals surface area contributed by atoms with Gasteiger partial charge in [0.05, 0.1) is 11.2 Å². The van der Waals surface area contributed by atoms with Crippen molar-refractivity contribution in [1.82, 2.24) is 4.98 Å². The van der Waals surface area contributed by atoms with Gasteiger partial charge in [0, 0.05) is 27.8 Å². The van der Waals surface area contributed by atoms with E-state index < -0.39 is 0 Å². The van der Waals surface area contributed by atoms with Gasteiger partial charge in [0.1, 0.15) is 11.9 Å². The van der Waals surface area contributed by atoms with E-state index in [-0.39, 0.29) is 11.5 Å². The predicted molar refractivity (Wildman–Crippen MR) is 113 cm³/mol. The van der Waals surface area contributed by atoms with E-state index in [1.807, 2.05) is 6.07 Å². The molecule has 136 valence electrons. The van der Waals surface area contributed by atoms with Crippen LogP contribution in [0.4, 0.5) is 0 Å². The van der Waals surface area contributed by atoms with Crippen molar-refractivity contribution in [3.8, 4) is 17.0 Å². The van der Waals surface area contributed by atoms with Crippen molar-refractivity contribution in [2.24, 2.45) is 0 Å². The largest absolute Gasteiger partial charge is 0.485 e. The summed E-state index contributed by atoms with van der Waals surface area (Å²) in [7, 11) is 0. The molecule has 0 bridgehead atoms. The van der Waals surface area contributed by atoms with Crippen LogP contribution in [0.3, 0.4) is 0 Å². The quantitative estimate of drug-likeness (QED) is 0.390. The Morgan fingerprint density at radius 3 is 2.50 bits per heavy atom. The van der Waals surface area contributed by atoms with Crippen LogP contribution in [0.2, 0.25) is 0 Å². The third-order valence-electron chi connectivity index (χ3n) is 6.51. The highest BCUT2D eigenvalue weighted by Gasteiger charge is 2.53. The molecule has 0 radical (unpaired) electrons. The number of hydrogen-bond acceptors (Lipinski definition) is 2. The molecule has 2 atom stereocenters. The van der Waals surface area contributed by atoms with Crippen molar-refractivity contribution in [3.05, 3.63) is 95.6 Å². The summed E-state index contributed by atoms with van der Waals surface area (Å²) in [5, 5.41) is 1.17. The minimum atomic E-state index is -0.0312. The summed E-state index contributed by atoms with van der Waals surface area (Å²) in [6.07, 6.45) is 0.0859. The molecule has 2 aliphatic rings. The summed E-state index contributed by atoms with van der Waals surface area (Å²) in [5.41, 5.74) is 7.28. The van der Waals surface area contributed by atoms with Crippen LogP contribution in [0.1, 0.15) is 42.6 Å². The number of nitrogens with zero attached hydrogens (tertiary/aromatic N) is 1. The third kappa shape index (κ3) is 2.00. The summed E-state index contributed by atoms with van der Waals surface area (Å²) in [5.74, 6) is 1.37. The summed E-state index contributed by atoms with van der Waals surface area (Å²) in [6.45, 7) is 4.71. The number of rotatable bonds is 1. The number of pyridine rings is 1. The summed E-state index contributed by atoms with van der Waals surface area (Å²) < 4.78 is 6.43. The van der Waals surface area contributed by atoms with E-state index in [9.17, 15) is 0 Å². The first-order valence-electron chi connectivity index (χ1n) is 9.90. The van der Waals surface area contributed by atoms with Gasteiger partial charge in [0.2, 0.25) is 0 Å². The van der Waals surface area contributed by atoms with Crippen LogP contribution in [-0.2, 0) is 5.41 Å². The van der Waals surface area contributed by atoms with E-state index in [2.05, 4.69) is 86.6 Å². The Kier molecular flexibility index (Phi) is 3.09. The van der Waals surface area contributed by atoms with Gasteiger partial charge in [-0.15, -0.1) is 0 Å². The highest BCUT2D eigenvalue weighted by atomic mass is 16.5. The lowest BCUT2D eigenvalue weighted by Crippen LogP contribution is -2.23. The zero-order chi connectivity index (χ0) is 18.9. The average Bonchev–Trinajstić information content (AvgIpc) is 3.22. The Hall–Kier alpha value is -3.13. The maximum absolute atomic E-state index is 6.43. The van der Waals surface area contributed by atoms with Crippen LogP contribution in [-0.4, -0.2) is 4.98 Å². The SMILES string of the molecule is CC1(C)c2c(-c3ccc4ccccc4n3)cccc2C2Oc3ccccc3C21. The van der Waals surface area contributed by atoms with Gasteiger partial charge in [0.15, 0.2) is 0 Å². The number of benzene rings is 3. The number of hydrogen-bond donors (Lipinski definition) is 0. The second kappa shape index (κ2) is 5.45. The van der Waals surface area contributed by atoms with Crippen molar-refractivity contribution < 1.29 is 4.74 Å². The number of para-hydroxylation sites is 2. The molecular formula is C26H21NO. The van der Waals surface area contributed by atoms with E-state index >= 15 is 0 Å². The molecule has 28 heavy (non-hydrogen) atoms. The average molecular weight is 363 g/mol. The van der Waals surface area contributed by atoms with Gasteiger partial charge >= 0.3 is 0 Å². The fraction of sp³-hybridized carbons (Fsp3) is 0.192. The lowest BCUT2D eigenvalue weighted by molar-refractivity contribution is 0.198. The molecule has 1 aliphatic carbocycles. The minimum absolute atomic E-state index is 0.0312. The fourth-order valence-electron chi connectivity index (χ4n) is 5.33. The monoisotopic (exact) mass is 363 g/mol.